The molecule has 0 saturated heterocycles. The van der Waals surface area contributed by atoms with E-state index in [1.54, 1.807) is 6.07 Å². The molecule has 0 heterocycles. The van der Waals surface area contributed by atoms with Crippen LogP contribution in [0.25, 0.3) is 0 Å². The van der Waals surface area contributed by atoms with E-state index >= 15 is 0 Å². The number of benzene rings is 2. The molecule has 8 nitrogen and oxygen atoms in total. The largest absolute Gasteiger partial charge is 0.507 e. The Kier molecular flexibility index (Phi) is 3.88. The van der Waals surface area contributed by atoms with E-state index in [0.29, 0.717) is 12.2 Å². The van der Waals surface area contributed by atoms with Crippen molar-refractivity contribution in [3.8, 4) is 5.75 Å². The average Bonchev–Trinajstić information content (AvgIpc) is 2.57. The summed E-state index contributed by atoms with van der Waals surface area (Å²) >= 11 is 0. The molecule has 2 aromatic carbocycles. The third-order valence-electron chi connectivity index (χ3n) is 4.07. The van der Waals surface area contributed by atoms with Gasteiger partial charge in [0, 0.05) is 24.0 Å². The summed E-state index contributed by atoms with van der Waals surface area (Å²) in [5, 5.41) is 24.4. The maximum atomic E-state index is 13.0. The van der Waals surface area contributed by atoms with Gasteiger partial charge in [-0.25, -0.2) is 0 Å². The van der Waals surface area contributed by atoms with Crippen LogP contribution in [0.3, 0.4) is 0 Å². The number of rotatable bonds is 4. The molecular weight excluding hydrogens is 326 g/mol. The lowest BCUT2D eigenvalue weighted by atomic mass is 9.81. The van der Waals surface area contributed by atoms with E-state index in [1.165, 1.54) is 6.07 Å². The first-order chi connectivity index (χ1) is 11.9. The number of nitrogens with zero attached hydrogens (tertiary/aromatic N) is 1. The van der Waals surface area contributed by atoms with Gasteiger partial charge in [-0.1, -0.05) is 6.92 Å². The van der Waals surface area contributed by atoms with Crippen LogP contribution in [0, 0.1) is 10.1 Å². The van der Waals surface area contributed by atoms with Crippen molar-refractivity contribution < 1.29 is 19.6 Å². The van der Waals surface area contributed by atoms with Crippen molar-refractivity contribution >= 4 is 28.6 Å². The van der Waals surface area contributed by atoms with Crippen LogP contribution in [0.15, 0.2) is 24.3 Å². The molecule has 128 valence electrons. The summed E-state index contributed by atoms with van der Waals surface area (Å²) in [6.45, 7) is 2.50. The zero-order valence-corrected chi connectivity index (χ0v) is 13.3. The van der Waals surface area contributed by atoms with E-state index < -0.39 is 33.5 Å². The molecule has 0 saturated carbocycles. The zero-order chi connectivity index (χ0) is 18.3. The van der Waals surface area contributed by atoms with Crippen LogP contribution in [0.1, 0.15) is 45.2 Å². The third-order valence-corrected chi connectivity index (χ3v) is 4.07. The molecule has 0 radical (unpaired) electrons. The normalized spacial score (nSPS) is 12.5. The van der Waals surface area contributed by atoms with Crippen LogP contribution in [0.2, 0.25) is 0 Å². The molecular formula is C17H15N3O5. The number of nitrogens with two attached hydrogens (primary N) is 1. The van der Waals surface area contributed by atoms with E-state index in [2.05, 4.69) is 5.32 Å². The standard InChI is InChI=1S/C17H15N3O5/c1-2-7-19-9-4-3-8(18)12-13(9)17(23)15-11(21)6-5-10(20(24)25)14(15)16(12)22/h3-6,19,21H,2,7,18H2,1H3. The van der Waals surface area contributed by atoms with Crippen molar-refractivity contribution in [1.29, 1.82) is 0 Å². The molecule has 1 aliphatic carbocycles. The van der Waals surface area contributed by atoms with Crippen LogP contribution in [0.5, 0.6) is 5.75 Å². The number of hydrogen-bond donors (Lipinski definition) is 3. The highest BCUT2D eigenvalue weighted by atomic mass is 16.6. The molecule has 0 aromatic heterocycles. The second-order valence-corrected chi connectivity index (χ2v) is 5.65. The number of anilines is 2. The summed E-state index contributed by atoms with van der Waals surface area (Å²) in [6, 6.07) is 5.09. The van der Waals surface area contributed by atoms with Gasteiger partial charge in [0.1, 0.15) is 11.3 Å². The van der Waals surface area contributed by atoms with Crippen LogP contribution in [-0.2, 0) is 0 Å². The molecule has 0 spiro atoms. The number of hydrogen-bond acceptors (Lipinski definition) is 7. The Bertz CT molecular complexity index is 936. The first-order valence-corrected chi connectivity index (χ1v) is 7.64. The van der Waals surface area contributed by atoms with Crippen LogP contribution >= 0.6 is 0 Å². The second-order valence-electron chi connectivity index (χ2n) is 5.65. The molecule has 3 rings (SSSR count). The van der Waals surface area contributed by atoms with Crippen molar-refractivity contribution in [2.24, 2.45) is 0 Å². The SMILES string of the molecule is CCCNc1ccc(N)c2c1C(=O)c1c(O)ccc([N+](=O)[O-])c1C2=O. The van der Waals surface area contributed by atoms with E-state index in [9.17, 15) is 24.8 Å². The number of aromatic hydroxyl groups is 1. The summed E-state index contributed by atoms with van der Waals surface area (Å²) in [4.78, 5) is 36.4. The molecule has 2 aromatic rings. The maximum Gasteiger partial charge on any atom is 0.281 e. The minimum Gasteiger partial charge on any atom is -0.507 e. The average molecular weight is 341 g/mol. The Morgan fingerprint density at radius 1 is 1.08 bits per heavy atom. The smallest absolute Gasteiger partial charge is 0.281 e. The van der Waals surface area contributed by atoms with Crippen molar-refractivity contribution in [1.82, 2.24) is 0 Å². The van der Waals surface area contributed by atoms with Crippen molar-refractivity contribution in [2.45, 2.75) is 13.3 Å². The van der Waals surface area contributed by atoms with Crippen molar-refractivity contribution in [2.75, 3.05) is 17.6 Å². The Labute approximate surface area is 142 Å². The summed E-state index contributed by atoms with van der Waals surface area (Å²) in [5.41, 5.74) is 4.96. The molecule has 0 bridgehead atoms. The molecule has 8 heteroatoms. The number of fused-ring (bicyclic) bond motifs is 2. The Balaban J connectivity index is 2.34. The zero-order valence-electron chi connectivity index (χ0n) is 13.3. The number of nitro benzene ring substituents is 1. The highest BCUT2D eigenvalue weighted by Crippen LogP contribution is 2.41. The lowest BCUT2D eigenvalue weighted by molar-refractivity contribution is -0.385. The molecule has 0 amide bonds. The fourth-order valence-corrected chi connectivity index (χ4v) is 2.95. The lowest BCUT2D eigenvalue weighted by Gasteiger charge is -2.22. The molecule has 4 N–H and O–H groups in total. The Hall–Kier alpha value is -3.42. The minimum absolute atomic E-state index is 0.0294. The Morgan fingerprint density at radius 3 is 2.40 bits per heavy atom. The number of nitrogens with one attached hydrogen (secondary N) is 1. The number of phenols is 1. The second kappa shape index (κ2) is 5.90. The molecule has 0 fully saturated rings. The van der Waals surface area contributed by atoms with E-state index in [0.717, 1.165) is 18.6 Å². The van der Waals surface area contributed by atoms with Gasteiger partial charge in [0.25, 0.3) is 5.69 Å². The molecule has 0 aliphatic heterocycles. The number of ketones is 2. The summed E-state index contributed by atoms with van der Waals surface area (Å²) < 4.78 is 0. The highest BCUT2D eigenvalue weighted by Gasteiger charge is 2.40. The van der Waals surface area contributed by atoms with E-state index in [-0.39, 0.29) is 22.4 Å². The Morgan fingerprint density at radius 2 is 1.76 bits per heavy atom. The van der Waals surface area contributed by atoms with Crippen LogP contribution in [0.4, 0.5) is 17.1 Å². The van der Waals surface area contributed by atoms with Gasteiger partial charge in [0.2, 0.25) is 11.6 Å². The number of nitrogen functional groups attached to an aromatic ring is 1. The quantitative estimate of drug-likeness (QED) is 0.377. The van der Waals surface area contributed by atoms with Gasteiger partial charge in [-0.2, -0.15) is 0 Å². The third kappa shape index (κ3) is 2.38. The first-order valence-electron chi connectivity index (χ1n) is 7.64. The summed E-state index contributed by atoms with van der Waals surface area (Å²) in [7, 11) is 0. The molecule has 1 aliphatic rings. The fraction of sp³-hybridized carbons (Fsp3) is 0.176. The number of carbonyl (C=O) groups is 2. The van der Waals surface area contributed by atoms with Gasteiger partial charge in [-0.3, -0.25) is 19.7 Å². The van der Waals surface area contributed by atoms with Gasteiger partial charge in [-0.05, 0) is 24.6 Å². The summed E-state index contributed by atoms with van der Waals surface area (Å²) in [5.74, 6) is -1.89. The number of carbonyl (C=O) groups excluding carboxylic acids is 2. The van der Waals surface area contributed by atoms with E-state index in [4.69, 9.17) is 5.73 Å². The van der Waals surface area contributed by atoms with Gasteiger partial charge in [-0.15, -0.1) is 0 Å². The van der Waals surface area contributed by atoms with Crippen LogP contribution in [-0.4, -0.2) is 28.1 Å². The molecule has 0 unspecified atom stereocenters. The van der Waals surface area contributed by atoms with Crippen LogP contribution < -0.4 is 11.1 Å². The minimum atomic E-state index is -0.760. The highest BCUT2D eigenvalue weighted by molar-refractivity contribution is 6.33. The predicted octanol–water partition coefficient (Wildman–Crippen LogP) is 2.48. The number of phenolic OH excluding ortho intramolecular Hbond substituents is 1. The fourth-order valence-electron chi connectivity index (χ4n) is 2.95. The number of nitro groups is 1. The van der Waals surface area contributed by atoms with Gasteiger partial charge in [0.15, 0.2) is 0 Å². The lowest BCUT2D eigenvalue weighted by Crippen LogP contribution is -2.25. The topological polar surface area (TPSA) is 136 Å². The van der Waals surface area contributed by atoms with E-state index in [1.807, 2.05) is 6.92 Å². The molecule has 25 heavy (non-hydrogen) atoms. The van der Waals surface area contributed by atoms with Crippen molar-refractivity contribution in [3.05, 3.63) is 56.6 Å². The predicted molar refractivity (Wildman–Crippen MR) is 91.3 cm³/mol. The first kappa shape index (κ1) is 16.4. The van der Waals surface area contributed by atoms with Crippen molar-refractivity contribution in [3.63, 3.8) is 0 Å². The monoisotopic (exact) mass is 341 g/mol. The van der Waals surface area contributed by atoms with Gasteiger partial charge >= 0.3 is 0 Å². The summed E-state index contributed by atoms with van der Waals surface area (Å²) in [6.07, 6.45) is 0.786. The maximum absolute atomic E-state index is 13.0. The van der Waals surface area contributed by atoms with Gasteiger partial charge in [0.05, 0.1) is 21.6 Å². The molecule has 0 atom stereocenters. The van der Waals surface area contributed by atoms with Gasteiger partial charge < -0.3 is 16.2 Å².